The van der Waals surface area contributed by atoms with Crippen LogP contribution in [0.1, 0.15) is 23.2 Å². The fourth-order valence-corrected chi connectivity index (χ4v) is 2.45. The lowest BCUT2D eigenvalue weighted by Gasteiger charge is -2.05. The zero-order valence-electron chi connectivity index (χ0n) is 9.38. The number of aryl methyl sites for hydroxylation is 3. The molecule has 1 aliphatic carbocycles. The number of hydrogen-bond acceptors (Lipinski definition) is 2. The molecule has 0 radical (unpaired) electrons. The molecule has 3 heteroatoms. The molecule has 3 rings (SSSR count). The molecule has 0 spiro atoms. The highest BCUT2D eigenvalue weighted by molar-refractivity contribution is 5.69. The molecule has 3 N–H and O–H groups in total. The van der Waals surface area contributed by atoms with Crippen molar-refractivity contribution >= 4 is 5.95 Å². The van der Waals surface area contributed by atoms with Crippen molar-refractivity contribution in [3.8, 4) is 11.3 Å². The molecule has 16 heavy (non-hydrogen) atoms. The standard InChI is InChI=1S/C13H15N3/c1-8-5-6-10-9(7-8)3-2-4-11-12(10)16-13(14)15-11/h5-7H,2-4H2,1H3,(H3,14,15,16). The molecular formula is C13H15N3. The first-order chi connectivity index (χ1) is 7.74. The van der Waals surface area contributed by atoms with Crippen molar-refractivity contribution in [3.63, 3.8) is 0 Å². The van der Waals surface area contributed by atoms with Crippen LogP contribution in [-0.4, -0.2) is 9.97 Å². The predicted octanol–water partition coefficient (Wildman–Crippen LogP) is 2.46. The monoisotopic (exact) mass is 213 g/mol. The topological polar surface area (TPSA) is 54.7 Å². The van der Waals surface area contributed by atoms with Gasteiger partial charge in [-0.05, 0) is 31.7 Å². The highest BCUT2D eigenvalue weighted by Crippen LogP contribution is 2.31. The largest absolute Gasteiger partial charge is 0.369 e. The van der Waals surface area contributed by atoms with Crippen molar-refractivity contribution in [1.82, 2.24) is 9.97 Å². The summed E-state index contributed by atoms with van der Waals surface area (Å²) in [6, 6.07) is 6.56. The third kappa shape index (κ3) is 1.40. The molecule has 1 heterocycles. The Bertz CT molecular complexity index is 540. The number of aromatic nitrogens is 2. The summed E-state index contributed by atoms with van der Waals surface area (Å²) >= 11 is 0. The minimum atomic E-state index is 0.526. The maximum absolute atomic E-state index is 5.73. The van der Waals surface area contributed by atoms with Crippen LogP contribution in [0.5, 0.6) is 0 Å². The summed E-state index contributed by atoms with van der Waals surface area (Å²) in [7, 11) is 0. The van der Waals surface area contributed by atoms with E-state index >= 15 is 0 Å². The van der Waals surface area contributed by atoms with E-state index in [1.807, 2.05) is 0 Å². The number of hydrogen-bond donors (Lipinski definition) is 2. The maximum atomic E-state index is 5.73. The van der Waals surface area contributed by atoms with Gasteiger partial charge < -0.3 is 10.7 Å². The Morgan fingerprint density at radius 3 is 3.06 bits per heavy atom. The van der Waals surface area contributed by atoms with Gasteiger partial charge in [0, 0.05) is 11.3 Å². The van der Waals surface area contributed by atoms with Crippen LogP contribution >= 0.6 is 0 Å². The van der Waals surface area contributed by atoms with Gasteiger partial charge in [0.2, 0.25) is 0 Å². The number of rotatable bonds is 0. The molecule has 82 valence electrons. The van der Waals surface area contributed by atoms with E-state index in [-0.39, 0.29) is 0 Å². The van der Waals surface area contributed by atoms with E-state index in [0.29, 0.717) is 5.95 Å². The molecular weight excluding hydrogens is 198 g/mol. The minimum absolute atomic E-state index is 0.526. The lowest BCUT2D eigenvalue weighted by Crippen LogP contribution is -1.91. The summed E-state index contributed by atoms with van der Waals surface area (Å²) in [5, 5.41) is 0. The van der Waals surface area contributed by atoms with Gasteiger partial charge in [-0.15, -0.1) is 0 Å². The maximum Gasteiger partial charge on any atom is 0.198 e. The predicted molar refractivity (Wildman–Crippen MR) is 65.2 cm³/mol. The fourth-order valence-electron chi connectivity index (χ4n) is 2.45. The summed E-state index contributed by atoms with van der Waals surface area (Å²) in [5.41, 5.74) is 11.9. The van der Waals surface area contributed by atoms with Gasteiger partial charge in [0.1, 0.15) is 0 Å². The summed E-state index contributed by atoms with van der Waals surface area (Å²) in [6.45, 7) is 2.13. The highest BCUT2D eigenvalue weighted by Gasteiger charge is 2.17. The SMILES string of the molecule is Cc1ccc2c(c1)CCCc1[nH]c(N)nc1-2. The van der Waals surface area contributed by atoms with Crippen molar-refractivity contribution in [1.29, 1.82) is 0 Å². The van der Waals surface area contributed by atoms with E-state index in [0.717, 1.165) is 25.0 Å². The Morgan fingerprint density at radius 2 is 2.19 bits per heavy atom. The number of fused-ring (bicyclic) bond motifs is 3. The molecule has 3 nitrogen and oxygen atoms in total. The Labute approximate surface area is 94.7 Å². The van der Waals surface area contributed by atoms with Gasteiger partial charge in [0.15, 0.2) is 5.95 Å². The summed E-state index contributed by atoms with van der Waals surface area (Å²) in [5.74, 6) is 0.526. The third-order valence-electron chi connectivity index (χ3n) is 3.19. The van der Waals surface area contributed by atoms with Gasteiger partial charge in [-0.2, -0.15) is 0 Å². The number of benzene rings is 1. The van der Waals surface area contributed by atoms with Crippen molar-refractivity contribution < 1.29 is 0 Å². The molecule has 1 aromatic carbocycles. The number of nitrogen functional groups attached to an aromatic ring is 1. The van der Waals surface area contributed by atoms with Crippen LogP contribution in [0.2, 0.25) is 0 Å². The van der Waals surface area contributed by atoms with Crippen LogP contribution in [0.3, 0.4) is 0 Å². The summed E-state index contributed by atoms with van der Waals surface area (Å²) < 4.78 is 0. The number of nitrogens with one attached hydrogen (secondary N) is 1. The van der Waals surface area contributed by atoms with Crippen LogP contribution in [0.4, 0.5) is 5.95 Å². The molecule has 0 aliphatic heterocycles. The van der Waals surface area contributed by atoms with Gasteiger partial charge in [-0.25, -0.2) is 4.98 Å². The van der Waals surface area contributed by atoms with E-state index < -0.39 is 0 Å². The molecule has 1 aliphatic rings. The van der Waals surface area contributed by atoms with E-state index in [2.05, 4.69) is 35.1 Å². The highest BCUT2D eigenvalue weighted by atomic mass is 15.0. The van der Waals surface area contributed by atoms with Gasteiger partial charge in [0.25, 0.3) is 0 Å². The number of imidazole rings is 1. The van der Waals surface area contributed by atoms with E-state index in [1.54, 1.807) is 0 Å². The second-order valence-electron chi connectivity index (χ2n) is 4.46. The van der Waals surface area contributed by atoms with Crippen LogP contribution in [0.15, 0.2) is 18.2 Å². The molecule has 0 atom stereocenters. The average Bonchev–Trinajstić information content (AvgIpc) is 2.52. The van der Waals surface area contributed by atoms with E-state index in [9.17, 15) is 0 Å². The fraction of sp³-hybridized carbons (Fsp3) is 0.308. The third-order valence-corrected chi connectivity index (χ3v) is 3.19. The number of aromatic amines is 1. The van der Waals surface area contributed by atoms with Crippen LogP contribution < -0.4 is 5.73 Å². The van der Waals surface area contributed by atoms with E-state index in [4.69, 9.17) is 5.73 Å². The first-order valence-corrected chi connectivity index (χ1v) is 5.68. The molecule has 2 aromatic rings. The number of H-pyrrole nitrogens is 1. The normalized spacial score (nSPS) is 14.1. The van der Waals surface area contributed by atoms with Gasteiger partial charge >= 0.3 is 0 Å². The van der Waals surface area contributed by atoms with Crippen molar-refractivity contribution in [2.45, 2.75) is 26.2 Å². The number of nitrogens with two attached hydrogens (primary N) is 1. The summed E-state index contributed by atoms with van der Waals surface area (Å²) in [6.07, 6.45) is 3.32. The Morgan fingerprint density at radius 1 is 1.31 bits per heavy atom. The molecule has 0 saturated heterocycles. The van der Waals surface area contributed by atoms with Crippen molar-refractivity contribution in [3.05, 3.63) is 35.0 Å². The van der Waals surface area contributed by atoms with Crippen LogP contribution in [-0.2, 0) is 12.8 Å². The zero-order chi connectivity index (χ0) is 11.1. The molecule has 0 fully saturated rings. The average molecular weight is 213 g/mol. The van der Waals surface area contributed by atoms with Crippen LogP contribution in [0, 0.1) is 6.92 Å². The van der Waals surface area contributed by atoms with E-state index in [1.165, 1.54) is 22.4 Å². The first kappa shape index (κ1) is 9.46. The zero-order valence-corrected chi connectivity index (χ0v) is 9.38. The summed E-state index contributed by atoms with van der Waals surface area (Å²) in [4.78, 5) is 7.56. The lowest BCUT2D eigenvalue weighted by molar-refractivity contribution is 0.818. The number of nitrogens with zero attached hydrogens (tertiary/aromatic N) is 1. The number of anilines is 1. The Balaban J connectivity index is 2.24. The quantitative estimate of drug-likeness (QED) is 0.706. The van der Waals surface area contributed by atoms with Gasteiger partial charge in [-0.3, -0.25) is 0 Å². The first-order valence-electron chi connectivity index (χ1n) is 5.68. The molecule has 0 amide bonds. The van der Waals surface area contributed by atoms with Crippen molar-refractivity contribution in [2.24, 2.45) is 0 Å². The molecule has 0 unspecified atom stereocenters. The molecule has 0 bridgehead atoms. The Hall–Kier alpha value is -1.77. The van der Waals surface area contributed by atoms with Gasteiger partial charge in [-0.1, -0.05) is 23.8 Å². The van der Waals surface area contributed by atoms with Crippen molar-refractivity contribution in [2.75, 3.05) is 5.73 Å². The second kappa shape index (κ2) is 3.37. The molecule has 1 aromatic heterocycles. The van der Waals surface area contributed by atoms with Gasteiger partial charge in [0.05, 0.1) is 5.69 Å². The second-order valence-corrected chi connectivity index (χ2v) is 4.46. The minimum Gasteiger partial charge on any atom is -0.369 e. The van der Waals surface area contributed by atoms with Crippen LogP contribution in [0.25, 0.3) is 11.3 Å². The Kier molecular flexibility index (Phi) is 1.99. The molecule has 0 saturated carbocycles. The smallest absolute Gasteiger partial charge is 0.198 e. The lowest BCUT2D eigenvalue weighted by atomic mass is 10.0.